The van der Waals surface area contributed by atoms with Crippen LogP contribution in [0.2, 0.25) is 0 Å². The van der Waals surface area contributed by atoms with Gasteiger partial charge in [-0.25, -0.2) is 4.79 Å². The molecule has 8 heteroatoms. The molecule has 1 aliphatic heterocycles. The van der Waals surface area contributed by atoms with Gasteiger partial charge < -0.3 is 21.2 Å². The van der Waals surface area contributed by atoms with E-state index in [1.54, 1.807) is 10.6 Å². The van der Waals surface area contributed by atoms with Crippen molar-refractivity contribution < 1.29 is 4.74 Å². The van der Waals surface area contributed by atoms with Crippen molar-refractivity contribution >= 4 is 16.6 Å². The van der Waals surface area contributed by atoms with Crippen molar-refractivity contribution in [1.82, 2.24) is 9.24 Å². The van der Waals surface area contributed by atoms with E-state index in [1.165, 1.54) is 0 Å². The Balaban J connectivity index is 1.73. The average Bonchev–Trinajstić information content (AvgIpc) is 3.40. The van der Waals surface area contributed by atoms with E-state index < -0.39 is 11.2 Å². The largest absolute Gasteiger partial charge is 0.380 e. The van der Waals surface area contributed by atoms with Gasteiger partial charge in [-0.2, -0.15) is 4.68 Å². The number of ether oxygens (including phenoxy) is 1. The summed E-state index contributed by atoms with van der Waals surface area (Å²) in [5.74, 6) is 6.12. The van der Waals surface area contributed by atoms with Crippen LogP contribution in [0.25, 0.3) is 10.9 Å². The summed E-state index contributed by atoms with van der Waals surface area (Å²) in [4.78, 5) is 27.5. The summed E-state index contributed by atoms with van der Waals surface area (Å²) < 4.78 is 7.93. The number of nitrogen functional groups attached to an aromatic ring is 1. The summed E-state index contributed by atoms with van der Waals surface area (Å²) in [6.07, 6.45) is 2.88. The molecule has 2 aromatic rings. The Labute approximate surface area is 163 Å². The molecule has 0 amide bonds. The third-order valence-corrected chi connectivity index (χ3v) is 6.10. The SMILES string of the molecule is CCOC[C@H](N)C1CCN(c2ccc3c(=O)n(N)c(=O)n(C4CC4)c3c2C)C1. The van der Waals surface area contributed by atoms with Gasteiger partial charge in [-0.1, -0.05) is 0 Å². The third kappa shape index (κ3) is 3.10. The molecule has 4 rings (SSSR count). The molecule has 2 atom stereocenters. The summed E-state index contributed by atoms with van der Waals surface area (Å²) in [6, 6.07) is 3.91. The smallest absolute Gasteiger partial charge is 0.350 e. The Morgan fingerprint density at radius 1 is 1.25 bits per heavy atom. The van der Waals surface area contributed by atoms with Crippen LogP contribution in [0.4, 0.5) is 5.69 Å². The lowest BCUT2D eigenvalue weighted by Crippen LogP contribution is -2.44. The normalized spacial score (nSPS) is 20.8. The van der Waals surface area contributed by atoms with Gasteiger partial charge in [0.1, 0.15) is 0 Å². The van der Waals surface area contributed by atoms with Crippen LogP contribution in [0.1, 0.15) is 37.8 Å². The number of fused-ring (bicyclic) bond motifs is 1. The minimum atomic E-state index is -0.440. The van der Waals surface area contributed by atoms with Crippen molar-refractivity contribution in [1.29, 1.82) is 0 Å². The lowest BCUT2D eigenvalue weighted by atomic mass is 10.0. The Morgan fingerprint density at radius 2 is 2.00 bits per heavy atom. The maximum Gasteiger partial charge on any atom is 0.350 e. The first kappa shape index (κ1) is 19.0. The van der Waals surface area contributed by atoms with Crippen molar-refractivity contribution in [2.24, 2.45) is 11.7 Å². The number of hydrogen-bond donors (Lipinski definition) is 2. The highest BCUT2D eigenvalue weighted by Gasteiger charge is 2.32. The lowest BCUT2D eigenvalue weighted by Gasteiger charge is -2.24. The summed E-state index contributed by atoms with van der Waals surface area (Å²) in [6.45, 7) is 6.96. The maximum absolute atomic E-state index is 12.7. The zero-order valence-electron chi connectivity index (χ0n) is 16.6. The number of aryl methyl sites for hydroxylation is 1. The van der Waals surface area contributed by atoms with Crippen LogP contribution < -0.4 is 27.7 Å². The van der Waals surface area contributed by atoms with E-state index in [0.717, 1.165) is 53.8 Å². The predicted molar refractivity (Wildman–Crippen MR) is 110 cm³/mol. The molecule has 28 heavy (non-hydrogen) atoms. The molecular weight excluding hydrogens is 358 g/mol. The standard InChI is InChI=1S/C20H29N5O3/c1-3-28-11-16(21)13-8-9-23(10-13)17-7-6-15-18(12(17)2)24(14-4-5-14)20(27)25(22)19(15)26/h6-7,13-14,16H,3-5,8-11,21-22H2,1-2H3/t13?,16-/m0/s1. The molecule has 0 spiro atoms. The van der Waals surface area contributed by atoms with E-state index in [2.05, 4.69) is 4.90 Å². The van der Waals surface area contributed by atoms with Crippen LogP contribution in [0.5, 0.6) is 0 Å². The molecule has 2 heterocycles. The molecule has 1 saturated heterocycles. The molecule has 1 aromatic heterocycles. The van der Waals surface area contributed by atoms with E-state index >= 15 is 0 Å². The van der Waals surface area contributed by atoms with Crippen molar-refractivity contribution in [3.8, 4) is 0 Å². The van der Waals surface area contributed by atoms with Crippen molar-refractivity contribution in [3.63, 3.8) is 0 Å². The molecule has 4 N–H and O–H groups in total. The second-order valence-corrected chi connectivity index (χ2v) is 7.98. The highest BCUT2D eigenvalue weighted by Crippen LogP contribution is 2.38. The molecule has 1 aliphatic carbocycles. The van der Waals surface area contributed by atoms with Gasteiger partial charge in [0.15, 0.2) is 0 Å². The van der Waals surface area contributed by atoms with Gasteiger partial charge in [0.25, 0.3) is 5.56 Å². The van der Waals surface area contributed by atoms with Gasteiger partial charge >= 0.3 is 5.69 Å². The van der Waals surface area contributed by atoms with E-state index in [4.69, 9.17) is 16.3 Å². The van der Waals surface area contributed by atoms with E-state index in [1.807, 2.05) is 19.9 Å². The molecule has 0 bridgehead atoms. The molecular formula is C20H29N5O3. The number of benzene rings is 1. The first-order valence-corrected chi connectivity index (χ1v) is 10.1. The number of aromatic nitrogens is 2. The van der Waals surface area contributed by atoms with Crippen molar-refractivity contribution in [2.45, 2.75) is 45.2 Å². The summed E-state index contributed by atoms with van der Waals surface area (Å²) in [5, 5.41) is 0.499. The Bertz CT molecular complexity index is 1010. The number of rotatable bonds is 6. The van der Waals surface area contributed by atoms with Crippen LogP contribution in [0.15, 0.2) is 21.7 Å². The Kier molecular flexibility index (Phi) is 4.93. The zero-order chi connectivity index (χ0) is 20.0. The molecule has 0 radical (unpaired) electrons. The first-order valence-electron chi connectivity index (χ1n) is 10.1. The second-order valence-electron chi connectivity index (χ2n) is 7.98. The van der Waals surface area contributed by atoms with Gasteiger partial charge in [-0.15, -0.1) is 0 Å². The lowest BCUT2D eigenvalue weighted by molar-refractivity contribution is 0.119. The number of nitrogens with two attached hydrogens (primary N) is 2. The van der Waals surface area contributed by atoms with E-state index in [-0.39, 0.29) is 12.1 Å². The molecule has 1 unspecified atom stereocenters. The Hall–Kier alpha value is -2.32. The minimum absolute atomic E-state index is 0.0137. The number of anilines is 1. The molecule has 1 saturated carbocycles. The Morgan fingerprint density at radius 3 is 2.68 bits per heavy atom. The zero-order valence-corrected chi connectivity index (χ0v) is 16.6. The van der Waals surface area contributed by atoms with Gasteiger partial charge in [0.05, 0.1) is 17.5 Å². The first-order chi connectivity index (χ1) is 13.4. The van der Waals surface area contributed by atoms with Crippen LogP contribution in [0.3, 0.4) is 0 Å². The van der Waals surface area contributed by atoms with Crippen molar-refractivity contribution in [2.75, 3.05) is 37.0 Å². The van der Waals surface area contributed by atoms with Crippen molar-refractivity contribution in [3.05, 3.63) is 38.5 Å². The second kappa shape index (κ2) is 7.25. The summed E-state index contributed by atoms with van der Waals surface area (Å²) >= 11 is 0. The van der Waals surface area contributed by atoms with Crippen LogP contribution >= 0.6 is 0 Å². The van der Waals surface area contributed by atoms with E-state index in [9.17, 15) is 9.59 Å². The fourth-order valence-corrected chi connectivity index (χ4v) is 4.36. The topological polar surface area (TPSA) is 109 Å². The quantitative estimate of drug-likeness (QED) is 0.707. The highest BCUT2D eigenvalue weighted by molar-refractivity contribution is 5.87. The van der Waals surface area contributed by atoms with Gasteiger partial charge in [-0.3, -0.25) is 9.36 Å². The minimum Gasteiger partial charge on any atom is -0.380 e. The number of hydrogen-bond acceptors (Lipinski definition) is 6. The van der Waals surface area contributed by atoms with Gasteiger partial charge in [-0.05, 0) is 56.7 Å². The fourth-order valence-electron chi connectivity index (χ4n) is 4.36. The number of nitrogens with zero attached hydrogens (tertiary/aromatic N) is 3. The average molecular weight is 387 g/mol. The van der Waals surface area contributed by atoms with Gasteiger partial charge in [0, 0.05) is 37.5 Å². The summed E-state index contributed by atoms with van der Waals surface area (Å²) in [7, 11) is 0. The highest BCUT2D eigenvalue weighted by atomic mass is 16.5. The molecule has 1 aromatic carbocycles. The van der Waals surface area contributed by atoms with Crippen LogP contribution in [-0.4, -0.2) is 41.6 Å². The van der Waals surface area contributed by atoms with Crippen LogP contribution in [-0.2, 0) is 4.74 Å². The van der Waals surface area contributed by atoms with Gasteiger partial charge in [0.2, 0.25) is 0 Å². The maximum atomic E-state index is 12.7. The monoisotopic (exact) mass is 387 g/mol. The molecule has 152 valence electrons. The summed E-state index contributed by atoms with van der Waals surface area (Å²) in [5.41, 5.74) is 8.17. The predicted octanol–water partition coefficient (Wildman–Crippen LogP) is 0.710. The van der Waals surface area contributed by atoms with Crippen LogP contribution in [0, 0.1) is 12.8 Å². The molecule has 2 aliphatic rings. The van der Waals surface area contributed by atoms with E-state index in [0.29, 0.717) is 24.5 Å². The molecule has 8 nitrogen and oxygen atoms in total. The molecule has 2 fully saturated rings. The third-order valence-electron chi connectivity index (χ3n) is 6.10. The fraction of sp³-hybridized carbons (Fsp3) is 0.600.